The van der Waals surface area contributed by atoms with Crippen molar-refractivity contribution in [3.05, 3.63) is 41.2 Å². The largest absolute Gasteiger partial charge is 0.394 e. The molecule has 4 nitrogen and oxygen atoms in total. The molecule has 0 bridgehead atoms. The Kier molecular flexibility index (Phi) is 4.35. The summed E-state index contributed by atoms with van der Waals surface area (Å²) in [5, 5.41) is 13.8. The fourth-order valence-corrected chi connectivity index (χ4v) is 2.09. The molecule has 1 aromatic heterocycles. The molecular formula is C14H15ClN2O2. The number of pyridine rings is 1. The van der Waals surface area contributed by atoms with Gasteiger partial charge < -0.3 is 10.4 Å². The summed E-state index contributed by atoms with van der Waals surface area (Å²) >= 11 is 6.01. The van der Waals surface area contributed by atoms with Crippen LogP contribution >= 0.6 is 11.6 Å². The number of rotatable bonds is 4. The number of aromatic nitrogens is 1. The van der Waals surface area contributed by atoms with Gasteiger partial charge in [0.15, 0.2) is 0 Å². The van der Waals surface area contributed by atoms with Crippen molar-refractivity contribution in [1.82, 2.24) is 10.3 Å². The van der Waals surface area contributed by atoms with Gasteiger partial charge in [0.2, 0.25) is 0 Å². The number of benzene rings is 1. The molecule has 0 saturated carbocycles. The molecule has 19 heavy (non-hydrogen) atoms. The Morgan fingerprint density at radius 1 is 1.42 bits per heavy atom. The number of fused-ring (bicyclic) bond motifs is 1. The highest BCUT2D eigenvalue weighted by molar-refractivity contribution is 6.34. The van der Waals surface area contributed by atoms with Crippen molar-refractivity contribution in [3.63, 3.8) is 0 Å². The summed E-state index contributed by atoms with van der Waals surface area (Å²) in [7, 11) is 0. The van der Waals surface area contributed by atoms with E-state index >= 15 is 0 Å². The Morgan fingerprint density at radius 3 is 2.74 bits per heavy atom. The zero-order valence-corrected chi connectivity index (χ0v) is 11.3. The monoisotopic (exact) mass is 278 g/mol. The van der Waals surface area contributed by atoms with Crippen molar-refractivity contribution in [3.8, 4) is 0 Å². The van der Waals surface area contributed by atoms with E-state index in [1.807, 2.05) is 31.2 Å². The third-order valence-electron chi connectivity index (χ3n) is 3.04. The molecule has 5 heteroatoms. The molecule has 0 spiro atoms. The zero-order valence-electron chi connectivity index (χ0n) is 10.6. The highest BCUT2D eigenvalue weighted by atomic mass is 35.5. The van der Waals surface area contributed by atoms with E-state index in [9.17, 15) is 4.79 Å². The predicted octanol–water partition coefficient (Wildman–Crippen LogP) is 2.39. The van der Waals surface area contributed by atoms with Gasteiger partial charge in [-0.3, -0.25) is 4.79 Å². The summed E-state index contributed by atoms with van der Waals surface area (Å²) in [6.45, 7) is 1.82. The maximum Gasteiger partial charge on any atom is 0.253 e. The topological polar surface area (TPSA) is 62.2 Å². The molecule has 2 rings (SSSR count). The van der Waals surface area contributed by atoms with Crippen LogP contribution in [-0.4, -0.2) is 28.6 Å². The van der Waals surface area contributed by atoms with Crippen molar-refractivity contribution in [1.29, 1.82) is 0 Å². The molecule has 0 fully saturated rings. The first-order valence-corrected chi connectivity index (χ1v) is 6.50. The van der Waals surface area contributed by atoms with Crippen LogP contribution in [0.25, 0.3) is 10.8 Å². The average Bonchev–Trinajstić information content (AvgIpc) is 2.45. The Morgan fingerprint density at radius 2 is 2.11 bits per heavy atom. The summed E-state index contributed by atoms with van der Waals surface area (Å²) in [6, 6.07) is 7.10. The standard InChI is InChI=1S/C14H15ClN2O2/c1-2-9(8-18)17-14(19)12-7-16-13(15)11-6-4-3-5-10(11)12/h3-7,9,18H,2,8H2,1H3,(H,17,19). The van der Waals surface area contributed by atoms with Gasteiger partial charge in [0, 0.05) is 11.6 Å². The van der Waals surface area contributed by atoms with E-state index in [-0.39, 0.29) is 18.6 Å². The van der Waals surface area contributed by atoms with Crippen LogP contribution in [0.3, 0.4) is 0 Å². The van der Waals surface area contributed by atoms with E-state index < -0.39 is 0 Å². The molecule has 1 amide bonds. The quantitative estimate of drug-likeness (QED) is 0.844. The number of nitrogens with one attached hydrogen (secondary N) is 1. The molecule has 1 heterocycles. The first kappa shape index (κ1) is 13.8. The van der Waals surface area contributed by atoms with Crippen LogP contribution < -0.4 is 5.32 Å². The van der Waals surface area contributed by atoms with E-state index in [4.69, 9.17) is 16.7 Å². The van der Waals surface area contributed by atoms with Crippen molar-refractivity contribution >= 4 is 28.3 Å². The molecule has 2 N–H and O–H groups in total. The second-order valence-corrected chi connectivity index (χ2v) is 4.63. The molecule has 0 saturated heterocycles. The number of hydrogen-bond donors (Lipinski definition) is 2. The summed E-state index contributed by atoms with van der Waals surface area (Å²) in [5.74, 6) is -0.249. The predicted molar refractivity (Wildman–Crippen MR) is 75.4 cm³/mol. The van der Waals surface area contributed by atoms with E-state index in [0.29, 0.717) is 17.1 Å². The number of aliphatic hydroxyl groups is 1. The Balaban J connectivity index is 2.40. The third-order valence-corrected chi connectivity index (χ3v) is 3.34. The molecule has 0 aliphatic heterocycles. The van der Waals surface area contributed by atoms with Gasteiger partial charge in [0.1, 0.15) is 5.15 Å². The van der Waals surface area contributed by atoms with E-state index in [1.165, 1.54) is 6.20 Å². The Labute approximate surface area is 116 Å². The maximum absolute atomic E-state index is 12.2. The minimum absolute atomic E-state index is 0.0822. The highest BCUT2D eigenvalue weighted by Crippen LogP contribution is 2.24. The van der Waals surface area contributed by atoms with Crippen LogP contribution in [0.2, 0.25) is 5.15 Å². The van der Waals surface area contributed by atoms with Gasteiger partial charge in [0.25, 0.3) is 5.91 Å². The summed E-state index contributed by atoms with van der Waals surface area (Å²) in [4.78, 5) is 16.2. The molecule has 0 radical (unpaired) electrons. The Bertz CT molecular complexity index is 597. The van der Waals surface area contributed by atoms with Crippen LogP contribution in [0.4, 0.5) is 0 Å². The normalized spacial score (nSPS) is 12.4. The summed E-state index contributed by atoms with van der Waals surface area (Å²) in [6.07, 6.45) is 2.13. The van der Waals surface area contributed by atoms with E-state index in [1.54, 1.807) is 0 Å². The van der Waals surface area contributed by atoms with Crippen LogP contribution in [-0.2, 0) is 0 Å². The van der Waals surface area contributed by atoms with E-state index in [2.05, 4.69) is 10.3 Å². The fraction of sp³-hybridized carbons (Fsp3) is 0.286. The number of halogens is 1. The smallest absolute Gasteiger partial charge is 0.253 e. The number of hydrogen-bond acceptors (Lipinski definition) is 3. The van der Waals surface area contributed by atoms with Gasteiger partial charge in [-0.25, -0.2) is 4.98 Å². The molecular weight excluding hydrogens is 264 g/mol. The summed E-state index contributed by atoms with van der Waals surface area (Å²) < 4.78 is 0. The summed E-state index contributed by atoms with van der Waals surface area (Å²) in [5.41, 5.74) is 0.465. The van der Waals surface area contributed by atoms with Crippen molar-refractivity contribution < 1.29 is 9.90 Å². The first-order valence-electron chi connectivity index (χ1n) is 6.12. The lowest BCUT2D eigenvalue weighted by Gasteiger charge is -2.15. The average molecular weight is 279 g/mol. The van der Waals surface area contributed by atoms with Crippen molar-refractivity contribution in [2.45, 2.75) is 19.4 Å². The molecule has 1 aromatic carbocycles. The SMILES string of the molecule is CCC(CO)NC(=O)c1cnc(Cl)c2ccccc12. The molecule has 1 atom stereocenters. The second kappa shape index (κ2) is 5.99. The number of carbonyl (C=O) groups excluding carboxylic acids is 1. The molecule has 2 aromatic rings. The lowest BCUT2D eigenvalue weighted by Crippen LogP contribution is -2.37. The number of amides is 1. The number of carbonyl (C=O) groups is 1. The molecule has 0 aliphatic carbocycles. The van der Waals surface area contributed by atoms with Gasteiger partial charge in [-0.15, -0.1) is 0 Å². The highest BCUT2D eigenvalue weighted by Gasteiger charge is 2.15. The number of nitrogens with zero attached hydrogens (tertiary/aromatic N) is 1. The van der Waals surface area contributed by atoms with Crippen LogP contribution in [0.1, 0.15) is 23.7 Å². The van der Waals surface area contributed by atoms with Gasteiger partial charge in [0.05, 0.1) is 18.2 Å². The minimum Gasteiger partial charge on any atom is -0.394 e. The van der Waals surface area contributed by atoms with Crippen LogP contribution in [0.5, 0.6) is 0 Å². The molecule has 1 unspecified atom stereocenters. The van der Waals surface area contributed by atoms with Gasteiger partial charge in [-0.05, 0) is 11.8 Å². The zero-order chi connectivity index (χ0) is 13.8. The minimum atomic E-state index is -0.249. The first-order chi connectivity index (χ1) is 9.17. The van der Waals surface area contributed by atoms with Gasteiger partial charge in [-0.1, -0.05) is 42.8 Å². The van der Waals surface area contributed by atoms with Crippen molar-refractivity contribution in [2.24, 2.45) is 0 Å². The molecule has 100 valence electrons. The van der Waals surface area contributed by atoms with Gasteiger partial charge in [-0.2, -0.15) is 0 Å². The van der Waals surface area contributed by atoms with Gasteiger partial charge >= 0.3 is 0 Å². The second-order valence-electron chi connectivity index (χ2n) is 4.27. The van der Waals surface area contributed by atoms with Crippen LogP contribution in [0.15, 0.2) is 30.5 Å². The Hall–Kier alpha value is -1.65. The van der Waals surface area contributed by atoms with E-state index in [0.717, 1.165) is 10.8 Å². The van der Waals surface area contributed by atoms with Crippen LogP contribution in [0, 0.1) is 0 Å². The lowest BCUT2D eigenvalue weighted by molar-refractivity contribution is 0.0916. The molecule has 0 aliphatic rings. The number of aliphatic hydroxyl groups excluding tert-OH is 1. The third kappa shape index (κ3) is 2.85. The van der Waals surface area contributed by atoms with Crippen molar-refractivity contribution in [2.75, 3.05) is 6.61 Å². The lowest BCUT2D eigenvalue weighted by atomic mass is 10.1. The maximum atomic E-state index is 12.2. The fourth-order valence-electron chi connectivity index (χ4n) is 1.88.